The zero-order chi connectivity index (χ0) is 18.4. The largest absolute Gasteiger partial charge is 0.416 e. The predicted molar refractivity (Wildman–Crippen MR) is 93.5 cm³/mol. The third-order valence-electron chi connectivity index (χ3n) is 3.76. The smallest absolute Gasteiger partial charge is 0.381 e. The number of halogens is 3. The maximum atomic E-state index is 12.5. The molecule has 0 aliphatic heterocycles. The monoisotopic (exact) mass is 350 g/mol. The fourth-order valence-electron chi connectivity index (χ4n) is 2.37. The van der Waals surface area contributed by atoms with Gasteiger partial charge in [-0.3, -0.25) is 4.79 Å². The third-order valence-corrected chi connectivity index (χ3v) is 3.76. The van der Waals surface area contributed by atoms with E-state index in [1.807, 2.05) is 32.0 Å². The van der Waals surface area contributed by atoms with Crippen molar-refractivity contribution in [3.63, 3.8) is 0 Å². The molecule has 0 bridgehead atoms. The molecule has 25 heavy (non-hydrogen) atoms. The van der Waals surface area contributed by atoms with Crippen molar-refractivity contribution in [3.8, 4) is 0 Å². The van der Waals surface area contributed by atoms with Crippen molar-refractivity contribution >= 4 is 17.3 Å². The maximum absolute atomic E-state index is 12.5. The van der Waals surface area contributed by atoms with E-state index < -0.39 is 11.7 Å². The van der Waals surface area contributed by atoms with Crippen LogP contribution in [0, 0.1) is 6.92 Å². The van der Waals surface area contributed by atoms with Gasteiger partial charge in [0.2, 0.25) is 5.91 Å². The van der Waals surface area contributed by atoms with E-state index in [0.29, 0.717) is 13.0 Å². The van der Waals surface area contributed by atoms with Gasteiger partial charge in [-0.05, 0) is 54.8 Å². The number of alkyl halides is 3. The number of anilines is 2. The molecule has 2 rings (SSSR count). The van der Waals surface area contributed by atoms with Gasteiger partial charge in [0.25, 0.3) is 0 Å². The highest BCUT2D eigenvalue weighted by Crippen LogP contribution is 2.29. The summed E-state index contributed by atoms with van der Waals surface area (Å²) in [6.07, 6.45) is -3.05. The van der Waals surface area contributed by atoms with Crippen molar-refractivity contribution in [2.45, 2.75) is 39.4 Å². The Labute approximate surface area is 145 Å². The summed E-state index contributed by atoms with van der Waals surface area (Å²) in [6.45, 7) is 4.25. The number of aryl methyl sites for hydroxylation is 1. The van der Waals surface area contributed by atoms with E-state index in [0.717, 1.165) is 41.1 Å². The van der Waals surface area contributed by atoms with Gasteiger partial charge in [0.15, 0.2) is 0 Å². The molecule has 0 saturated carbocycles. The zero-order valence-corrected chi connectivity index (χ0v) is 14.2. The minimum Gasteiger partial charge on any atom is -0.381 e. The van der Waals surface area contributed by atoms with Crippen molar-refractivity contribution in [2.24, 2.45) is 0 Å². The molecule has 0 aromatic heterocycles. The zero-order valence-electron chi connectivity index (χ0n) is 14.2. The summed E-state index contributed by atoms with van der Waals surface area (Å²) in [5.41, 5.74) is 2.62. The predicted octanol–water partition coefficient (Wildman–Crippen LogP) is 5.36. The first-order chi connectivity index (χ1) is 11.8. The van der Waals surface area contributed by atoms with Crippen LogP contribution in [0.3, 0.4) is 0 Å². The summed E-state index contributed by atoms with van der Waals surface area (Å²) in [5.74, 6) is -0.0175. The molecule has 0 heterocycles. The van der Waals surface area contributed by atoms with Gasteiger partial charge < -0.3 is 10.6 Å². The van der Waals surface area contributed by atoms with Gasteiger partial charge >= 0.3 is 6.18 Å². The van der Waals surface area contributed by atoms with Crippen LogP contribution in [0.15, 0.2) is 42.5 Å². The molecule has 134 valence electrons. The fraction of sp³-hybridized carbons (Fsp3) is 0.316. The van der Waals surface area contributed by atoms with E-state index in [9.17, 15) is 18.0 Å². The fourth-order valence-corrected chi connectivity index (χ4v) is 2.37. The lowest BCUT2D eigenvalue weighted by Crippen LogP contribution is -2.11. The highest BCUT2D eigenvalue weighted by molar-refractivity contribution is 5.91. The van der Waals surface area contributed by atoms with E-state index >= 15 is 0 Å². The molecule has 1 amide bonds. The van der Waals surface area contributed by atoms with E-state index in [2.05, 4.69) is 10.6 Å². The van der Waals surface area contributed by atoms with Crippen molar-refractivity contribution in [1.29, 1.82) is 0 Å². The second-order valence-corrected chi connectivity index (χ2v) is 5.88. The Hall–Kier alpha value is -2.50. The lowest BCUT2D eigenvalue weighted by Gasteiger charge is -2.12. The molecular weight excluding hydrogens is 329 g/mol. The number of hydrogen-bond donors (Lipinski definition) is 2. The van der Waals surface area contributed by atoms with E-state index in [-0.39, 0.29) is 5.91 Å². The summed E-state index contributed by atoms with van der Waals surface area (Å²) in [5, 5.41) is 6.03. The summed E-state index contributed by atoms with van der Waals surface area (Å²) in [4.78, 5) is 11.7. The van der Waals surface area contributed by atoms with Gasteiger partial charge in [-0.25, -0.2) is 0 Å². The Kier molecular flexibility index (Phi) is 6.07. The number of benzene rings is 2. The molecule has 0 radical (unpaired) electrons. The summed E-state index contributed by atoms with van der Waals surface area (Å²) in [7, 11) is 0. The molecule has 0 fully saturated rings. The summed E-state index contributed by atoms with van der Waals surface area (Å²) in [6, 6.07) is 10.6. The quantitative estimate of drug-likeness (QED) is 0.736. The first-order valence-corrected chi connectivity index (χ1v) is 8.10. The molecule has 0 aliphatic carbocycles. The minimum atomic E-state index is -4.32. The van der Waals surface area contributed by atoms with Crippen LogP contribution in [0.1, 0.15) is 36.5 Å². The van der Waals surface area contributed by atoms with Crippen LogP contribution < -0.4 is 10.6 Å². The van der Waals surface area contributed by atoms with Gasteiger partial charge in [-0.1, -0.05) is 19.1 Å². The van der Waals surface area contributed by atoms with Gasteiger partial charge in [-0.15, -0.1) is 0 Å². The molecule has 0 aliphatic rings. The van der Waals surface area contributed by atoms with Gasteiger partial charge in [0.05, 0.1) is 5.56 Å². The molecule has 6 heteroatoms. The SMILES string of the molecule is CCCC(=O)Nc1ccc(NCc2ccc(C(F)(F)F)cc2)cc1C. The van der Waals surface area contributed by atoms with Crippen LogP contribution in [0.4, 0.5) is 24.5 Å². The van der Waals surface area contributed by atoms with Crippen molar-refractivity contribution in [3.05, 3.63) is 59.2 Å². The minimum absolute atomic E-state index is 0.0175. The topological polar surface area (TPSA) is 41.1 Å². The van der Waals surface area contributed by atoms with Crippen LogP contribution in [0.25, 0.3) is 0 Å². The van der Waals surface area contributed by atoms with Crippen LogP contribution in [-0.2, 0) is 17.5 Å². The van der Waals surface area contributed by atoms with Gasteiger partial charge in [0.1, 0.15) is 0 Å². The number of carbonyl (C=O) groups is 1. The first kappa shape index (κ1) is 18.8. The molecule has 3 nitrogen and oxygen atoms in total. The molecule has 0 spiro atoms. The number of hydrogen-bond acceptors (Lipinski definition) is 2. The molecule has 2 aromatic carbocycles. The standard InChI is InChI=1S/C19H21F3N2O/c1-3-4-18(25)24-17-10-9-16(11-13(17)2)23-12-14-5-7-15(8-6-14)19(20,21)22/h5-11,23H,3-4,12H2,1-2H3,(H,24,25). The second kappa shape index (κ2) is 8.05. The average Bonchev–Trinajstić information content (AvgIpc) is 2.55. The molecule has 2 aromatic rings. The molecule has 2 N–H and O–H groups in total. The van der Waals surface area contributed by atoms with Gasteiger partial charge in [0, 0.05) is 24.3 Å². The van der Waals surface area contributed by atoms with E-state index in [1.54, 1.807) is 0 Å². The van der Waals surface area contributed by atoms with Crippen molar-refractivity contribution in [1.82, 2.24) is 0 Å². The summed E-state index contributed by atoms with van der Waals surface area (Å²) < 4.78 is 37.6. The molecular formula is C19H21F3N2O. The molecule has 0 atom stereocenters. The van der Waals surface area contributed by atoms with Gasteiger partial charge in [-0.2, -0.15) is 13.2 Å². The number of amides is 1. The molecule has 0 unspecified atom stereocenters. The Morgan fingerprint density at radius 2 is 1.76 bits per heavy atom. The van der Waals surface area contributed by atoms with Crippen LogP contribution in [-0.4, -0.2) is 5.91 Å². The Morgan fingerprint density at radius 1 is 1.08 bits per heavy atom. The summed E-state index contributed by atoms with van der Waals surface area (Å²) >= 11 is 0. The Bertz CT molecular complexity index is 724. The average molecular weight is 350 g/mol. The van der Waals surface area contributed by atoms with Crippen LogP contribution in [0.5, 0.6) is 0 Å². The lowest BCUT2D eigenvalue weighted by molar-refractivity contribution is -0.137. The number of carbonyl (C=O) groups excluding carboxylic acids is 1. The normalized spacial score (nSPS) is 11.2. The van der Waals surface area contributed by atoms with Crippen molar-refractivity contribution in [2.75, 3.05) is 10.6 Å². The Morgan fingerprint density at radius 3 is 2.32 bits per heavy atom. The first-order valence-electron chi connectivity index (χ1n) is 8.10. The van der Waals surface area contributed by atoms with Crippen LogP contribution >= 0.6 is 0 Å². The Balaban J connectivity index is 1.97. The maximum Gasteiger partial charge on any atom is 0.416 e. The molecule has 0 saturated heterocycles. The van der Waals surface area contributed by atoms with Crippen molar-refractivity contribution < 1.29 is 18.0 Å². The number of rotatable bonds is 6. The lowest BCUT2D eigenvalue weighted by atomic mass is 10.1. The van der Waals surface area contributed by atoms with E-state index in [1.165, 1.54) is 12.1 Å². The highest BCUT2D eigenvalue weighted by atomic mass is 19.4. The third kappa shape index (κ3) is 5.52. The number of nitrogens with one attached hydrogen (secondary N) is 2. The second-order valence-electron chi connectivity index (χ2n) is 5.88. The van der Waals surface area contributed by atoms with E-state index in [4.69, 9.17) is 0 Å². The van der Waals surface area contributed by atoms with Crippen LogP contribution in [0.2, 0.25) is 0 Å². The highest BCUT2D eigenvalue weighted by Gasteiger charge is 2.29.